The van der Waals surface area contributed by atoms with E-state index in [0.29, 0.717) is 0 Å². The molecule has 0 unspecified atom stereocenters. The molecule has 0 spiro atoms. The summed E-state index contributed by atoms with van der Waals surface area (Å²) >= 11 is 0. The summed E-state index contributed by atoms with van der Waals surface area (Å²) in [6.07, 6.45) is 2.17. The maximum atomic E-state index is 4.68. The van der Waals surface area contributed by atoms with Crippen LogP contribution in [0.4, 0.5) is 0 Å². The van der Waals surface area contributed by atoms with Gasteiger partial charge in [-0.2, -0.15) is 0 Å². The van der Waals surface area contributed by atoms with Gasteiger partial charge in [-0.15, -0.1) is 0 Å². The van der Waals surface area contributed by atoms with E-state index < -0.39 is 0 Å². The molecule has 0 saturated carbocycles. The van der Waals surface area contributed by atoms with Crippen molar-refractivity contribution in [3.63, 3.8) is 0 Å². The first-order chi connectivity index (χ1) is 7.84. The van der Waals surface area contributed by atoms with Crippen LogP contribution < -0.4 is 5.32 Å². The van der Waals surface area contributed by atoms with Gasteiger partial charge in [0.2, 0.25) is 0 Å². The van der Waals surface area contributed by atoms with E-state index >= 15 is 0 Å². The lowest BCUT2D eigenvalue weighted by molar-refractivity contribution is 0.505. The van der Waals surface area contributed by atoms with E-state index in [2.05, 4.69) is 52.3 Å². The largest absolute Gasteiger partial charge is 0.332 e. The number of hydrogen-bond donors (Lipinski definition) is 1. The van der Waals surface area contributed by atoms with E-state index in [1.807, 2.05) is 0 Å². The zero-order valence-corrected chi connectivity index (χ0v) is 9.40. The van der Waals surface area contributed by atoms with Crippen LogP contribution in [-0.4, -0.2) is 16.1 Å². The van der Waals surface area contributed by atoms with Crippen molar-refractivity contribution in [3.8, 4) is 11.3 Å². The Balaban J connectivity index is 2.07. The van der Waals surface area contributed by atoms with Gasteiger partial charge in [-0.25, -0.2) is 4.98 Å². The summed E-state index contributed by atoms with van der Waals surface area (Å²) in [5.41, 5.74) is 3.62. The Hall–Kier alpha value is -1.61. The molecule has 1 aromatic heterocycles. The summed E-state index contributed by atoms with van der Waals surface area (Å²) in [6.45, 7) is 5.07. The van der Waals surface area contributed by atoms with Crippen molar-refractivity contribution in [2.24, 2.45) is 0 Å². The third-order valence-corrected chi connectivity index (χ3v) is 3.09. The smallest absolute Gasteiger partial charge is 0.123 e. The number of aromatic nitrogens is 2. The Labute approximate surface area is 95.1 Å². The van der Waals surface area contributed by atoms with Gasteiger partial charge in [-0.3, -0.25) is 0 Å². The molecule has 0 amide bonds. The topological polar surface area (TPSA) is 29.9 Å². The van der Waals surface area contributed by atoms with Crippen molar-refractivity contribution in [1.82, 2.24) is 14.9 Å². The van der Waals surface area contributed by atoms with Crippen LogP contribution in [0.5, 0.6) is 0 Å². The average molecular weight is 213 g/mol. The zero-order valence-electron chi connectivity index (χ0n) is 9.40. The minimum Gasteiger partial charge on any atom is -0.332 e. The molecule has 0 atom stereocenters. The molecule has 1 aromatic carbocycles. The second kappa shape index (κ2) is 3.76. The highest BCUT2D eigenvalue weighted by atomic mass is 15.1. The second-order valence-electron chi connectivity index (χ2n) is 4.23. The van der Waals surface area contributed by atoms with E-state index in [-0.39, 0.29) is 0 Å². The highest BCUT2D eigenvalue weighted by molar-refractivity contribution is 5.62. The Bertz CT molecular complexity index is 490. The molecule has 0 aliphatic carbocycles. The molecule has 1 N–H and O–H groups in total. The van der Waals surface area contributed by atoms with Crippen molar-refractivity contribution in [3.05, 3.63) is 41.9 Å². The van der Waals surface area contributed by atoms with Gasteiger partial charge >= 0.3 is 0 Å². The number of nitrogens with one attached hydrogen (secondary N) is 1. The number of fused-ring (bicyclic) bond motifs is 1. The van der Waals surface area contributed by atoms with Gasteiger partial charge in [-0.05, 0) is 12.5 Å². The standard InChI is InChI=1S/C13H15N3/c1-10-4-2-3-5-11(10)12-9-16-7-6-14-8-13(16)15-12/h2-5,9,14H,6-8H2,1H3. The Morgan fingerprint density at radius 1 is 1.31 bits per heavy atom. The van der Waals surface area contributed by atoms with Crippen molar-refractivity contribution < 1.29 is 0 Å². The number of hydrogen-bond acceptors (Lipinski definition) is 2. The fraction of sp³-hybridized carbons (Fsp3) is 0.308. The molecule has 0 radical (unpaired) electrons. The molecule has 3 nitrogen and oxygen atoms in total. The molecule has 2 heterocycles. The molecule has 16 heavy (non-hydrogen) atoms. The van der Waals surface area contributed by atoms with Crippen LogP contribution in [0, 0.1) is 6.92 Å². The molecule has 1 aliphatic rings. The van der Waals surface area contributed by atoms with Crippen molar-refractivity contribution >= 4 is 0 Å². The Morgan fingerprint density at radius 3 is 3.00 bits per heavy atom. The van der Waals surface area contributed by atoms with Crippen LogP contribution in [0.2, 0.25) is 0 Å². The number of rotatable bonds is 1. The van der Waals surface area contributed by atoms with Gasteiger partial charge in [0.15, 0.2) is 0 Å². The van der Waals surface area contributed by atoms with Gasteiger partial charge in [0, 0.05) is 24.8 Å². The van der Waals surface area contributed by atoms with Crippen molar-refractivity contribution in [2.45, 2.75) is 20.0 Å². The van der Waals surface area contributed by atoms with Crippen LogP contribution in [0.3, 0.4) is 0 Å². The molecule has 0 bridgehead atoms. The number of aryl methyl sites for hydroxylation is 1. The normalized spacial score (nSPS) is 14.8. The lowest BCUT2D eigenvalue weighted by Crippen LogP contribution is -2.27. The summed E-state index contributed by atoms with van der Waals surface area (Å²) in [5, 5.41) is 3.34. The third-order valence-electron chi connectivity index (χ3n) is 3.09. The average Bonchev–Trinajstić information content (AvgIpc) is 2.73. The fourth-order valence-electron chi connectivity index (χ4n) is 2.18. The Morgan fingerprint density at radius 2 is 2.19 bits per heavy atom. The molecule has 3 rings (SSSR count). The predicted molar refractivity (Wildman–Crippen MR) is 64.1 cm³/mol. The minimum atomic E-state index is 0.881. The summed E-state index contributed by atoms with van der Waals surface area (Å²) in [4.78, 5) is 4.68. The molecule has 3 heteroatoms. The van der Waals surface area contributed by atoms with E-state index in [4.69, 9.17) is 0 Å². The van der Waals surface area contributed by atoms with Gasteiger partial charge in [0.05, 0.1) is 12.2 Å². The van der Waals surface area contributed by atoms with Gasteiger partial charge in [0.1, 0.15) is 5.82 Å². The molecular formula is C13H15N3. The van der Waals surface area contributed by atoms with Crippen molar-refractivity contribution in [2.75, 3.05) is 6.54 Å². The zero-order chi connectivity index (χ0) is 11.0. The lowest BCUT2D eigenvalue weighted by Gasteiger charge is -2.13. The monoisotopic (exact) mass is 213 g/mol. The first-order valence-corrected chi connectivity index (χ1v) is 5.67. The quantitative estimate of drug-likeness (QED) is 0.784. The molecule has 2 aromatic rings. The molecule has 1 aliphatic heterocycles. The molecular weight excluding hydrogens is 198 g/mol. The summed E-state index contributed by atoms with van der Waals surface area (Å²) in [7, 11) is 0. The van der Waals surface area contributed by atoms with Crippen LogP contribution in [0.15, 0.2) is 30.5 Å². The van der Waals surface area contributed by atoms with Crippen molar-refractivity contribution in [1.29, 1.82) is 0 Å². The number of imidazole rings is 1. The van der Waals surface area contributed by atoms with E-state index in [1.165, 1.54) is 11.1 Å². The van der Waals surface area contributed by atoms with Gasteiger partial charge in [0.25, 0.3) is 0 Å². The van der Waals surface area contributed by atoms with Crippen LogP contribution in [-0.2, 0) is 13.1 Å². The number of nitrogens with zero attached hydrogens (tertiary/aromatic N) is 2. The van der Waals surface area contributed by atoms with Gasteiger partial charge < -0.3 is 9.88 Å². The SMILES string of the molecule is Cc1ccccc1-c1cn2c(n1)CNCC2. The Kier molecular flexibility index (Phi) is 2.26. The summed E-state index contributed by atoms with van der Waals surface area (Å²) < 4.78 is 2.25. The van der Waals surface area contributed by atoms with E-state index in [9.17, 15) is 0 Å². The summed E-state index contributed by atoms with van der Waals surface area (Å²) in [6, 6.07) is 8.40. The molecule has 0 fully saturated rings. The molecule has 82 valence electrons. The maximum absolute atomic E-state index is 4.68. The predicted octanol–water partition coefficient (Wildman–Crippen LogP) is 1.96. The highest BCUT2D eigenvalue weighted by Crippen LogP contribution is 2.22. The van der Waals surface area contributed by atoms with Crippen LogP contribution >= 0.6 is 0 Å². The van der Waals surface area contributed by atoms with E-state index in [1.54, 1.807) is 0 Å². The highest BCUT2D eigenvalue weighted by Gasteiger charge is 2.13. The maximum Gasteiger partial charge on any atom is 0.123 e. The first kappa shape index (κ1) is 9.60. The number of benzene rings is 1. The van der Waals surface area contributed by atoms with Gasteiger partial charge in [-0.1, -0.05) is 24.3 Å². The fourth-order valence-corrected chi connectivity index (χ4v) is 2.18. The third kappa shape index (κ3) is 1.53. The van der Waals surface area contributed by atoms with Crippen LogP contribution in [0.25, 0.3) is 11.3 Å². The van der Waals surface area contributed by atoms with Crippen LogP contribution in [0.1, 0.15) is 11.4 Å². The van der Waals surface area contributed by atoms with E-state index in [0.717, 1.165) is 31.2 Å². The second-order valence-corrected chi connectivity index (χ2v) is 4.23. The lowest BCUT2D eigenvalue weighted by atomic mass is 10.1. The minimum absolute atomic E-state index is 0.881. The molecule has 0 saturated heterocycles. The first-order valence-electron chi connectivity index (χ1n) is 5.67. The summed E-state index contributed by atoms with van der Waals surface area (Å²) in [5.74, 6) is 1.14.